The lowest BCUT2D eigenvalue weighted by molar-refractivity contribution is 0.398. The SMILES string of the molecule is C=C(C#N)c1nc2cc(OC)ncc2[nH]1. The molecule has 5 nitrogen and oxygen atoms in total. The topological polar surface area (TPSA) is 74.6 Å². The van der Waals surface area contributed by atoms with E-state index in [2.05, 4.69) is 21.5 Å². The van der Waals surface area contributed by atoms with E-state index in [-0.39, 0.29) is 0 Å². The van der Waals surface area contributed by atoms with Crippen molar-refractivity contribution in [3.63, 3.8) is 0 Å². The molecule has 0 aliphatic carbocycles. The second kappa shape index (κ2) is 3.42. The molecule has 0 atom stereocenters. The number of nitriles is 1. The van der Waals surface area contributed by atoms with Gasteiger partial charge in [-0.15, -0.1) is 0 Å². The predicted octanol–water partition coefficient (Wildman–Crippen LogP) is 1.50. The Hall–Kier alpha value is -2.35. The van der Waals surface area contributed by atoms with Gasteiger partial charge in [-0.1, -0.05) is 6.58 Å². The molecule has 0 bridgehead atoms. The summed E-state index contributed by atoms with van der Waals surface area (Å²) in [7, 11) is 1.54. The van der Waals surface area contributed by atoms with Crippen LogP contribution in [0.15, 0.2) is 18.8 Å². The highest BCUT2D eigenvalue weighted by Crippen LogP contribution is 2.18. The van der Waals surface area contributed by atoms with E-state index in [9.17, 15) is 0 Å². The molecule has 2 aromatic rings. The zero-order valence-corrected chi connectivity index (χ0v) is 8.11. The van der Waals surface area contributed by atoms with Crippen LogP contribution in [0.1, 0.15) is 5.82 Å². The van der Waals surface area contributed by atoms with Crippen LogP contribution >= 0.6 is 0 Å². The minimum Gasteiger partial charge on any atom is -0.481 e. The van der Waals surface area contributed by atoms with Crippen molar-refractivity contribution in [3.05, 3.63) is 24.7 Å². The monoisotopic (exact) mass is 200 g/mol. The first-order valence-electron chi connectivity index (χ1n) is 4.23. The van der Waals surface area contributed by atoms with Crippen molar-refractivity contribution in [2.45, 2.75) is 0 Å². The molecule has 2 aromatic heterocycles. The average Bonchev–Trinajstić information content (AvgIpc) is 2.70. The normalized spacial score (nSPS) is 9.87. The molecule has 0 radical (unpaired) electrons. The second-order valence-electron chi connectivity index (χ2n) is 2.92. The minimum atomic E-state index is 0.296. The van der Waals surface area contributed by atoms with Gasteiger partial charge >= 0.3 is 0 Å². The molecule has 0 aliphatic heterocycles. The van der Waals surface area contributed by atoms with Crippen LogP contribution in [0.25, 0.3) is 16.6 Å². The number of H-pyrrole nitrogens is 1. The Morgan fingerprint density at radius 2 is 2.47 bits per heavy atom. The van der Waals surface area contributed by atoms with E-state index in [1.54, 1.807) is 12.3 Å². The highest BCUT2D eigenvalue weighted by molar-refractivity contribution is 5.81. The summed E-state index contributed by atoms with van der Waals surface area (Å²) < 4.78 is 4.97. The van der Waals surface area contributed by atoms with Crippen molar-refractivity contribution in [2.75, 3.05) is 7.11 Å². The maximum Gasteiger partial charge on any atom is 0.215 e. The van der Waals surface area contributed by atoms with E-state index in [0.717, 1.165) is 5.52 Å². The summed E-state index contributed by atoms with van der Waals surface area (Å²) in [5.41, 5.74) is 1.75. The van der Waals surface area contributed by atoms with Crippen molar-refractivity contribution in [1.82, 2.24) is 15.0 Å². The van der Waals surface area contributed by atoms with Crippen molar-refractivity contribution in [2.24, 2.45) is 0 Å². The van der Waals surface area contributed by atoms with Crippen LogP contribution in [0, 0.1) is 11.3 Å². The zero-order chi connectivity index (χ0) is 10.8. The third kappa shape index (κ3) is 1.53. The molecule has 0 aromatic carbocycles. The summed E-state index contributed by atoms with van der Waals surface area (Å²) >= 11 is 0. The molecule has 2 rings (SSSR count). The Labute approximate surface area is 86.0 Å². The number of aromatic amines is 1. The van der Waals surface area contributed by atoms with Gasteiger partial charge in [0.15, 0.2) is 0 Å². The van der Waals surface area contributed by atoms with Crippen LogP contribution in [0.4, 0.5) is 0 Å². The number of hydrogen-bond acceptors (Lipinski definition) is 4. The highest BCUT2D eigenvalue weighted by atomic mass is 16.5. The number of allylic oxidation sites excluding steroid dienone is 1. The van der Waals surface area contributed by atoms with Crippen LogP contribution in [-0.2, 0) is 0 Å². The summed E-state index contributed by atoms with van der Waals surface area (Å²) in [4.78, 5) is 11.2. The molecule has 0 unspecified atom stereocenters. The van der Waals surface area contributed by atoms with Gasteiger partial charge < -0.3 is 9.72 Å². The summed E-state index contributed by atoms with van der Waals surface area (Å²) in [5, 5.41) is 8.66. The quantitative estimate of drug-likeness (QED) is 0.745. The molecule has 0 saturated carbocycles. The van der Waals surface area contributed by atoms with Gasteiger partial charge in [0.05, 0.1) is 29.9 Å². The molecule has 5 heteroatoms. The molecular weight excluding hydrogens is 192 g/mol. The van der Waals surface area contributed by atoms with Gasteiger partial charge in [-0.05, 0) is 0 Å². The third-order valence-electron chi connectivity index (χ3n) is 1.97. The standard InChI is InChI=1S/C10H8N4O/c1-6(4-11)10-13-7-3-9(15-2)12-5-8(7)14-10/h3,5H,1H2,2H3,(H,13,14). The van der Waals surface area contributed by atoms with Gasteiger partial charge in [-0.3, -0.25) is 0 Å². The van der Waals surface area contributed by atoms with Crippen molar-refractivity contribution < 1.29 is 4.74 Å². The van der Waals surface area contributed by atoms with Gasteiger partial charge in [-0.2, -0.15) is 5.26 Å². The lowest BCUT2D eigenvalue weighted by atomic mass is 10.3. The lowest BCUT2D eigenvalue weighted by Crippen LogP contribution is -1.85. The Morgan fingerprint density at radius 3 is 3.13 bits per heavy atom. The van der Waals surface area contributed by atoms with E-state index in [1.165, 1.54) is 7.11 Å². The molecule has 1 N–H and O–H groups in total. The highest BCUT2D eigenvalue weighted by Gasteiger charge is 2.06. The van der Waals surface area contributed by atoms with E-state index >= 15 is 0 Å². The van der Waals surface area contributed by atoms with Gasteiger partial charge in [0.1, 0.15) is 11.9 Å². The fraction of sp³-hybridized carbons (Fsp3) is 0.100. The maximum atomic E-state index is 8.66. The van der Waals surface area contributed by atoms with Crippen LogP contribution in [0.5, 0.6) is 5.88 Å². The fourth-order valence-electron chi connectivity index (χ4n) is 1.20. The fourth-order valence-corrected chi connectivity index (χ4v) is 1.20. The zero-order valence-electron chi connectivity index (χ0n) is 8.11. The summed E-state index contributed by atoms with van der Waals surface area (Å²) in [6, 6.07) is 3.63. The number of hydrogen-bond donors (Lipinski definition) is 1. The first-order valence-corrected chi connectivity index (χ1v) is 4.23. The number of nitrogens with zero attached hydrogens (tertiary/aromatic N) is 3. The van der Waals surface area contributed by atoms with Gasteiger partial charge in [0.2, 0.25) is 5.88 Å². The summed E-state index contributed by atoms with van der Waals surface area (Å²) in [6.45, 7) is 3.57. The largest absolute Gasteiger partial charge is 0.481 e. The van der Waals surface area contributed by atoms with E-state index in [0.29, 0.717) is 22.8 Å². The number of rotatable bonds is 2. The van der Waals surface area contributed by atoms with Crippen LogP contribution < -0.4 is 4.74 Å². The Morgan fingerprint density at radius 1 is 1.67 bits per heavy atom. The number of fused-ring (bicyclic) bond motifs is 1. The van der Waals surface area contributed by atoms with Gasteiger partial charge in [0, 0.05) is 6.07 Å². The summed E-state index contributed by atoms with van der Waals surface area (Å²) in [5.74, 6) is 0.950. The molecule has 0 fully saturated rings. The van der Waals surface area contributed by atoms with Gasteiger partial charge in [0.25, 0.3) is 0 Å². The molecule has 0 aliphatic rings. The predicted molar refractivity (Wildman–Crippen MR) is 55.1 cm³/mol. The molecule has 74 valence electrons. The van der Waals surface area contributed by atoms with E-state index in [4.69, 9.17) is 10.00 Å². The first kappa shape index (κ1) is 9.21. The maximum absolute atomic E-state index is 8.66. The first-order chi connectivity index (χ1) is 7.24. The number of aromatic nitrogens is 3. The van der Waals surface area contributed by atoms with Crippen molar-refractivity contribution >= 4 is 16.6 Å². The molecule has 15 heavy (non-hydrogen) atoms. The van der Waals surface area contributed by atoms with Crippen LogP contribution in [0.2, 0.25) is 0 Å². The molecular formula is C10H8N4O. The smallest absolute Gasteiger partial charge is 0.215 e. The van der Waals surface area contributed by atoms with Crippen LogP contribution in [0.3, 0.4) is 0 Å². The number of imidazole rings is 1. The molecule has 0 spiro atoms. The van der Waals surface area contributed by atoms with Crippen LogP contribution in [-0.4, -0.2) is 22.1 Å². The Kier molecular flexibility index (Phi) is 2.10. The average molecular weight is 200 g/mol. The van der Waals surface area contributed by atoms with Gasteiger partial charge in [-0.25, -0.2) is 9.97 Å². The second-order valence-corrected chi connectivity index (χ2v) is 2.92. The van der Waals surface area contributed by atoms with Crippen molar-refractivity contribution in [3.8, 4) is 11.9 Å². The minimum absolute atomic E-state index is 0.296. The molecule has 0 saturated heterocycles. The number of pyridine rings is 1. The Balaban J connectivity index is 2.57. The molecule has 0 amide bonds. The Bertz CT molecular complexity index is 564. The number of nitrogens with one attached hydrogen (secondary N) is 1. The van der Waals surface area contributed by atoms with E-state index in [1.807, 2.05) is 6.07 Å². The summed E-state index contributed by atoms with van der Waals surface area (Å²) in [6.07, 6.45) is 1.61. The number of methoxy groups -OCH3 is 1. The lowest BCUT2D eigenvalue weighted by Gasteiger charge is -1.95. The van der Waals surface area contributed by atoms with Crippen molar-refractivity contribution in [1.29, 1.82) is 5.26 Å². The number of ether oxygens (including phenoxy) is 1. The third-order valence-corrected chi connectivity index (χ3v) is 1.97. The van der Waals surface area contributed by atoms with E-state index < -0.39 is 0 Å². The molecule has 2 heterocycles.